The average molecular weight is 529 g/mol. The molecular formula is C31H36N2O4Si. The van der Waals surface area contributed by atoms with Gasteiger partial charge in [0, 0.05) is 25.0 Å². The second kappa shape index (κ2) is 10.5. The Morgan fingerprint density at radius 1 is 0.816 bits per heavy atom. The molecule has 0 bridgehead atoms. The molecule has 0 aliphatic rings. The molecular weight excluding hydrogens is 492 g/mol. The maximum Gasteiger partial charge on any atom is 0.321 e. The zero-order valence-electron chi connectivity index (χ0n) is 23.0. The van der Waals surface area contributed by atoms with E-state index < -0.39 is 13.9 Å². The molecule has 0 atom stereocenters. The van der Waals surface area contributed by atoms with Crippen LogP contribution in [0.5, 0.6) is 11.6 Å². The van der Waals surface area contributed by atoms with Crippen LogP contribution in [0.4, 0.5) is 0 Å². The molecule has 38 heavy (non-hydrogen) atoms. The van der Waals surface area contributed by atoms with Gasteiger partial charge in [0.2, 0.25) is 5.54 Å². The van der Waals surface area contributed by atoms with Crippen LogP contribution in [0.2, 0.25) is 5.04 Å². The Morgan fingerprint density at radius 3 is 1.79 bits per heavy atom. The molecule has 0 saturated carbocycles. The van der Waals surface area contributed by atoms with Gasteiger partial charge in [-0.25, -0.2) is 0 Å². The highest BCUT2D eigenvalue weighted by Gasteiger charge is 2.53. The molecule has 4 rings (SSSR count). The minimum absolute atomic E-state index is 0.238. The van der Waals surface area contributed by atoms with E-state index in [4.69, 9.17) is 9.16 Å². The standard InChI is InChI=1S/C31H36N2O4Si/c1-30(2,3)38(26-13-9-7-10-14-26,27-15-11-8-12-16-27)37-29-28(31(4,5)33(34)35)21-22-32(29)23-24-17-19-25(36-6)20-18-24/h7-22H,23H2,1-6H3. The molecule has 7 heteroatoms. The smallest absolute Gasteiger partial charge is 0.321 e. The van der Waals surface area contributed by atoms with Crippen LogP contribution >= 0.6 is 0 Å². The number of ether oxygens (including phenoxy) is 1. The van der Waals surface area contributed by atoms with Crippen molar-refractivity contribution < 1.29 is 14.1 Å². The van der Waals surface area contributed by atoms with Crippen LogP contribution in [0.15, 0.2) is 97.2 Å². The van der Waals surface area contributed by atoms with Crippen LogP contribution in [0.25, 0.3) is 0 Å². The summed E-state index contributed by atoms with van der Waals surface area (Å²) in [6.07, 6.45) is 1.90. The van der Waals surface area contributed by atoms with E-state index >= 15 is 0 Å². The van der Waals surface area contributed by atoms with E-state index in [1.807, 2.05) is 77.5 Å². The molecule has 6 nitrogen and oxygen atoms in total. The van der Waals surface area contributed by atoms with Gasteiger partial charge in [-0.15, -0.1) is 0 Å². The number of hydrogen-bond donors (Lipinski definition) is 0. The van der Waals surface area contributed by atoms with Gasteiger partial charge in [-0.05, 0) is 39.2 Å². The van der Waals surface area contributed by atoms with Crippen LogP contribution in [-0.2, 0) is 12.1 Å². The molecule has 1 aromatic heterocycles. The lowest BCUT2D eigenvalue weighted by Gasteiger charge is -2.43. The summed E-state index contributed by atoms with van der Waals surface area (Å²) < 4.78 is 14.7. The maximum absolute atomic E-state index is 12.3. The van der Waals surface area contributed by atoms with E-state index in [-0.39, 0.29) is 9.96 Å². The lowest BCUT2D eigenvalue weighted by Crippen LogP contribution is -2.69. The van der Waals surface area contributed by atoms with Gasteiger partial charge in [-0.3, -0.25) is 10.1 Å². The third-order valence-electron chi connectivity index (χ3n) is 7.21. The van der Waals surface area contributed by atoms with Crippen molar-refractivity contribution in [2.75, 3.05) is 7.11 Å². The summed E-state index contributed by atoms with van der Waals surface area (Å²) in [5.41, 5.74) is 0.259. The van der Waals surface area contributed by atoms with Crippen molar-refractivity contribution in [3.63, 3.8) is 0 Å². The number of nitrogens with zero attached hydrogens (tertiary/aromatic N) is 2. The summed E-state index contributed by atoms with van der Waals surface area (Å²) in [7, 11) is -1.38. The molecule has 4 aromatic rings. The number of hydrogen-bond acceptors (Lipinski definition) is 4. The van der Waals surface area contributed by atoms with Gasteiger partial charge in [-0.1, -0.05) is 93.6 Å². The summed E-state index contributed by atoms with van der Waals surface area (Å²) in [4.78, 5) is 12.0. The van der Waals surface area contributed by atoms with Crippen molar-refractivity contribution >= 4 is 18.7 Å². The summed E-state index contributed by atoms with van der Waals surface area (Å²) >= 11 is 0. The van der Waals surface area contributed by atoms with Gasteiger partial charge in [0.25, 0.3) is 0 Å². The Balaban J connectivity index is 1.96. The molecule has 0 aliphatic heterocycles. The summed E-state index contributed by atoms with van der Waals surface area (Å²) in [6.45, 7) is 10.4. The van der Waals surface area contributed by atoms with E-state index in [2.05, 4.69) is 45.0 Å². The highest BCUT2D eigenvalue weighted by Crippen LogP contribution is 2.41. The number of rotatable bonds is 9. The van der Waals surface area contributed by atoms with Gasteiger partial charge >= 0.3 is 8.32 Å². The minimum atomic E-state index is -3.03. The normalized spacial score (nSPS) is 12.3. The summed E-state index contributed by atoms with van der Waals surface area (Å²) in [5, 5.41) is 14.2. The van der Waals surface area contributed by atoms with Crippen molar-refractivity contribution in [3.05, 3.63) is 118 Å². The summed E-state index contributed by atoms with van der Waals surface area (Å²) in [5.74, 6) is 1.32. The van der Waals surface area contributed by atoms with Crippen LogP contribution in [-0.4, -0.2) is 24.9 Å². The Labute approximate surface area is 226 Å². The Hall–Kier alpha value is -3.84. The molecule has 0 saturated heterocycles. The van der Waals surface area contributed by atoms with E-state index in [0.717, 1.165) is 21.7 Å². The molecule has 198 valence electrons. The monoisotopic (exact) mass is 528 g/mol. The molecule has 0 spiro atoms. The average Bonchev–Trinajstić information content (AvgIpc) is 3.30. The quantitative estimate of drug-likeness (QED) is 0.152. The topological polar surface area (TPSA) is 66.5 Å². The third-order valence-corrected chi connectivity index (χ3v) is 12.1. The number of aromatic nitrogens is 1. The highest BCUT2D eigenvalue weighted by atomic mass is 28.4. The molecule has 0 N–H and O–H groups in total. The Bertz CT molecular complexity index is 1340. The first-order valence-corrected chi connectivity index (χ1v) is 14.7. The largest absolute Gasteiger partial charge is 0.522 e. The lowest BCUT2D eigenvalue weighted by atomic mass is 9.98. The molecule has 1 heterocycles. The second-order valence-corrected chi connectivity index (χ2v) is 15.3. The fourth-order valence-corrected chi connectivity index (χ4v) is 9.43. The molecule has 0 fully saturated rings. The van der Waals surface area contributed by atoms with E-state index in [9.17, 15) is 10.1 Å². The van der Waals surface area contributed by atoms with Crippen LogP contribution < -0.4 is 19.5 Å². The van der Waals surface area contributed by atoms with E-state index in [1.54, 1.807) is 21.0 Å². The van der Waals surface area contributed by atoms with Gasteiger partial charge in [0.1, 0.15) is 5.75 Å². The fourth-order valence-electron chi connectivity index (χ4n) is 4.98. The van der Waals surface area contributed by atoms with Crippen LogP contribution in [0.3, 0.4) is 0 Å². The highest BCUT2D eigenvalue weighted by molar-refractivity contribution is 7.00. The zero-order valence-corrected chi connectivity index (χ0v) is 24.0. The SMILES string of the molecule is COc1ccc(Cn2ccc(C(C)(C)[N+](=O)[O-])c2O[Si](c2ccccc2)(c2ccccc2)C(C)(C)C)cc1. The van der Waals surface area contributed by atoms with Crippen molar-refractivity contribution in [2.45, 2.75) is 51.7 Å². The van der Waals surface area contributed by atoms with Gasteiger partial charge in [0.05, 0.1) is 19.2 Å². The molecule has 0 radical (unpaired) electrons. The predicted octanol–water partition coefficient (Wildman–Crippen LogP) is 6.00. The van der Waals surface area contributed by atoms with Crippen LogP contribution in [0, 0.1) is 10.1 Å². The first-order valence-electron chi connectivity index (χ1n) is 12.8. The lowest BCUT2D eigenvalue weighted by molar-refractivity contribution is -0.569. The first kappa shape index (κ1) is 27.2. The van der Waals surface area contributed by atoms with Gasteiger partial charge < -0.3 is 13.7 Å². The van der Waals surface area contributed by atoms with E-state index in [0.29, 0.717) is 18.0 Å². The molecule has 0 unspecified atom stereocenters. The van der Waals surface area contributed by atoms with Crippen LogP contribution in [0.1, 0.15) is 45.7 Å². The Kier molecular flexibility index (Phi) is 7.51. The number of benzene rings is 3. The van der Waals surface area contributed by atoms with Crippen molar-refractivity contribution in [1.82, 2.24) is 4.57 Å². The van der Waals surface area contributed by atoms with Crippen molar-refractivity contribution in [1.29, 1.82) is 0 Å². The minimum Gasteiger partial charge on any atom is -0.522 e. The van der Waals surface area contributed by atoms with Gasteiger partial charge in [-0.2, -0.15) is 0 Å². The molecule has 0 amide bonds. The zero-order chi connectivity index (χ0) is 27.6. The van der Waals surface area contributed by atoms with Crippen molar-refractivity contribution in [2.24, 2.45) is 0 Å². The van der Waals surface area contributed by atoms with E-state index in [1.165, 1.54) is 0 Å². The fraction of sp³-hybridized carbons (Fsp3) is 0.290. The molecule has 0 aliphatic carbocycles. The Morgan fingerprint density at radius 2 is 1.34 bits per heavy atom. The number of nitro groups is 1. The predicted molar refractivity (Wildman–Crippen MR) is 155 cm³/mol. The first-order chi connectivity index (χ1) is 18.0. The third kappa shape index (κ3) is 4.98. The summed E-state index contributed by atoms with van der Waals surface area (Å²) in [6, 6.07) is 30.3. The molecule has 3 aromatic carbocycles. The number of methoxy groups -OCH3 is 1. The maximum atomic E-state index is 12.3. The van der Waals surface area contributed by atoms with Gasteiger partial charge in [0.15, 0.2) is 5.88 Å². The van der Waals surface area contributed by atoms with Crippen molar-refractivity contribution in [3.8, 4) is 11.6 Å². The second-order valence-electron chi connectivity index (χ2n) is 11.1.